The van der Waals surface area contributed by atoms with E-state index in [1.54, 1.807) is 0 Å². The van der Waals surface area contributed by atoms with Crippen LogP contribution in [-0.2, 0) is 4.57 Å². The smallest absolute Gasteiger partial charge is 0.385 e. The Morgan fingerprint density at radius 2 is 1.69 bits per heavy atom. The summed E-state index contributed by atoms with van der Waals surface area (Å²) in [4.78, 5) is 0. The van der Waals surface area contributed by atoms with Gasteiger partial charge in [0.2, 0.25) is 0 Å². The van der Waals surface area contributed by atoms with Crippen molar-refractivity contribution in [2.24, 2.45) is 11.0 Å². The highest BCUT2D eigenvalue weighted by Crippen LogP contribution is 2.34. The first-order chi connectivity index (χ1) is 5.90. The third kappa shape index (κ3) is 2.84. The minimum absolute atomic E-state index is 0.510. The normalized spacial score (nSPS) is 11.4. The first-order valence-corrected chi connectivity index (χ1v) is 5.59. The van der Waals surface area contributed by atoms with Crippen LogP contribution in [-0.4, -0.2) is 0 Å². The summed E-state index contributed by atoms with van der Waals surface area (Å²) in [6, 6.07) is 5.57. The van der Waals surface area contributed by atoms with Crippen LogP contribution in [0, 0.1) is 13.8 Å². The van der Waals surface area contributed by atoms with Gasteiger partial charge in [0, 0.05) is 0 Å². The van der Waals surface area contributed by atoms with Crippen molar-refractivity contribution < 1.29 is 9.09 Å². The molecule has 0 bridgehead atoms. The molecule has 0 fully saturated rings. The Labute approximate surface area is 77.4 Å². The molecule has 0 aliphatic carbocycles. The molecule has 0 spiro atoms. The zero-order chi connectivity index (χ0) is 10.1. The minimum atomic E-state index is -3.44. The molecule has 5 heteroatoms. The third-order valence-electron chi connectivity index (χ3n) is 1.64. The Morgan fingerprint density at radius 3 is 2.08 bits per heavy atom. The van der Waals surface area contributed by atoms with Gasteiger partial charge in [-0.1, -0.05) is 18.2 Å². The molecule has 1 aromatic carbocycles. The summed E-state index contributed by atoms with van der Waals surface area (Å²) >= 11 is 0. The summed E-state index contributed by atoms with van der Waals surface area (Å²) in [6.07, 6.45) is 0. The zero-order valence-electron chi connectivity index (χ0n) is 7.65. The van der Waals surface area contributed by atoms with Gasteiger partial charge in [0.15, 0.2) is 0 Å². The predicted octanol–water partition coefficient (Wildman–Crippen LogP) is 1.71. The maximum Gasteiger partial charge on any atom is 0.385 e. The molecular formula is C8H13N2O2P. The van der Waals surface area contributed by atoms with Crippen LogP contribution in [0.5, 0.6) is 5.75 Å². The lowest BCUT2D eigenvalue weighted by molar-refractivity contribution is 0.480. The molecule has 0 saturated heterocycles. The van der Waals surface area contributed by atoms with Crippen molar-refractivity contribution in [2.45, 2.75) is 13.8 Å². The number of rotatable bonds is 2. The number of para-hydroxylation sites is 1. The first-order valence-electron chi connectivity index (χ1n) is 3.83. The van der Waals surface area contributed by atoms with E-state index in [1.807, 2.05) is 32.0 Å². The highest BCUT2D eigenvalue weighted by Gasteiger charge is 2.13. The summed E-state index contributed by atoms with van der Waals surface area (Å²) in [7, 11) is -3.44. The lowest BCUT2D eigenvalue weighted by atomic mass is 10.1. The molecule has 0 aliphatic rings. The van der Waals surface area contributed by atoms with E-state index in [0.29, 0.717) is 5.75 Å². The molecule has 0 aliphatic heterocycles. The number of nitrogens with two attached hydrogens (primary N) is 2. The fraction of sp³-hybridized carbons (Fsp3) is 0.250. The van der Waals surface area contributed by atoms with Crippen LogP contribution < -0.4 is 15.5 Å². The van der Waals surface area contributed by atoms with Crippen molar-refractivity contribution in [1.82, 2.24) is 0 Å². The van der Waals surface area contributed by atoms with E-state index in [9.17, 15) is 4.57 Å². The molecule has 1 aromatic rings. The fourth-order valence-electron chi connectivity index (χ4n) is 1.09. The highest BCUT2D eigenvalue weighted by atomic mass is 31.2. The molecule has 0 aromatic heterocycles. The van der Waals surface area contributed by atoms with Gasteiger partial charge >= 0.3 is 7.67 Å². The predicted molar refractivity (Wildman–Crippen MR) is 52.5 cm³/mol. The van der Waals surface area contributed by atoms with Crippen molar-refractivity contribution in [2.75, 3.05) is 0 Å². The van der Waals surface area contributed by atoms with E-state index in [2.05, 4.69) is 0 Å². The van der Waals surface area contributed by atoms with Crippen LogP contribution in [0.1, 0.15) is 11.1 Å². The minimum Gasteiger partial charge on any atom is -0.422 e. The Kier molecular flexibility index (Phi) is 2.76. The molecule has 0 heterocycles. The molecule has 0 atom stereocenters. The van der Waals surface area contributed by atoms with E-state index >= 15 is 0 Å². The molecule has 0 saturated carbocycles. The highest BCUT2D eigenvalue weighted by molar-refractivity contribution is 7.54. The Balaban J connectivity index is 3.07. The molecule has 0 unspecified atom stereocenters. The monoisotopic (exact) mass is 200 g/mol. The van der Waals surface area contributed by atoms with Gasteiger partial charge in [-0.25, -0.2) is 15.6 Å². The topological polar surface area (TPSA) is 78.3 Å². The van der Waals surface area contributed by atoms with E-state index in [0.717, 1.165) is 11.1 Å². The lowest BCUT2D eigenvalue weighted by Gasteiger charge is -2.13. The van der Waals surface area contributed by atoms with Crippen molar-refractivity contribution in [3.05, 3.63) is 29.3 Å². The van der Waals surface area contributed by atoms with E-state index < -0.39 is 7.67 Å². The van der Waals surface area contributed by atoms with Gasteiger partial charge < -0.3 is 4.52 Å². The van der Waals surface area contributed by atoms with Gasteiger partial charge in [-0.3, -0.25) is 0 Å². The molecule has 13 heavy (non-hydrogen) atoms. The number of aryl methyl sites for hydroxylation is 2. The quantitative estimate of drug-likeness (QED) is 0.712. The van der Waals surface area contributed by atoms with Gasteiger partial charge in [0.1, 0.15) is 5.75 Å². The van der Waals surface area contributed by atoms with Crippen molar-refractivity contribution in [1.29, 1.82) is 0 Å². The molecule has 4 N–H and O–H groups in total. The summed E-state index contributed by atoms with van der Waals surface area (Å²) < 4.78 is 16.0. The average molecular weight is 200 g/mol. The summed E-state index contributed by atoms with van der Waals surface area (Å²) in [6.45, 7) is 3.69. The van der Waals surface area contributed by atoms with Crippen LogP contribution in [0.15, 0.2) is 18.2 Å². The largest absolute Gasteiger partial charge is 0.422 e. The van der Waals surface area contributed by atoms with Gasteiger partial charge in [0.05, 0.1) is 0 Å². The van der Waals surface area contributed by atoms with Crippen LogP contribution in [0.4, 0.5) is 0 Å². The average Bonchev–Trinajstić information content (AvgIpc) is 1.95. The number of hydrogen-bond donors (Lipinski definition) is 2. The molecular weight excluding hydrogens is 187 g/mol. The Bertz CT molecular complexity index is 339. The van der Waals surface area contributed by atoms with Crippen LogP contribution in [0.2, 0.25) is 0 Å². The first kappa shape index (κ1) is 10.3. The second-order valence-electron chi connectivity index (χ2n) is 2.96. The molecule has 1 rings (SSSR count). The molecule has 4 nitrogen and oxygen atoms in total. The fourth-order valence-corrected chi connectivity index (χ4v) is 1.66. The van der Waals surface area contributed by atoms with Crippen molar-refractivity contribution in [3.8, 4) is 5.75 Å². The van der Waals surface area contributed by atoms with Crippen molar-refractivity contribution in [3.63, 3.8) is 0 Å². The van der Waals surface area contributed by atoms with Crippen LogP contribution >= 0.6 is 7.67 Å². The summed E-state index contributed by atoms with van der Waals surface area (Å²) in [5.74, 6) is 0.510. The zero-order valence-corrected chi connectivity index (χ0v) is 8.54. The standard InChI is InChI=1S/C8H13N2O2P/c1-6-4-3-5-7(2)8(6)12-13(9,10)11/h3-5H,1-2H3,(H4,9,10,11). The van der Waals surface area contributed by atoms with Gasteiger partial charge in [-0.05, 0) is 25.0 Å². The van der Waals surface area contributed by atoms with E-state index in [-0.39, 0.29) is 0 Å². The molecule has 0 amide bonds. The Hall–Kier alpha value is -0.830. The van der Waals surface area contributed by atoms with Crippen LogP contribution in [0.3, 0.4) is 0 Å². The molecule has 72 valence electrons. The molecule has 0 radical (unpaired) electrons. The number of hydrogen-bond acceptors (Lipinski definition) is 2. The maximum atomic E-state index is 11.0. The summed E-state index contributed by atoms with van der Waals surface area (Å²) in [5.41, 5.74) is 12.0. The SMILES string of the molecule is Cc1cccc(C)c1OP(N)(N)=O. The van der Waals surface area contributed by atoms with E-state index in [1.165, 1.54) is 0 Å². The van der Waals surface area contributed by atoms with E-state index in [4.69, 9.17) is 15.5 Å². The second kappa shape index (κ2) is 3.50. The number of benzene rings is 1. The van der Waals surface area contributed by atoms with Gasteiger partial charge in [0.25, 0.3) is 0 Å². The third-order valence-corrected chi connectivity index (χ3v) is 2.11. The maximum absolute atomic E-state index is 11.0. The lowest BCUT2D eigenvalue weighted by Crippen LogP contribution is -2.11. The van der Waals surface area contributed by atoms with Gasteiger partial charge in [-0.2, -0.15) is 0 Å². The summed E-state index contributed by atoms with van der Waals surface area (Å²) in [5, 5.41) is 0. The van der Waals surface area contributed by atoms with Gasteiger partial charge in [-0.15, -0.1) is 0 Å². The Morgan fingerprint density at radius 1 is 1.23 bits per heavy atom. The second-order valence-corrected chi connectivity index (χ2v) is 4.43. The van der Waals surface area contributed by atoms with Crippen molar-refractivity contribution >= 4 is 7.67 Å². The van der Waals surface area contributed by atoms with Crippen LogP contribution in [0.25, 0.3) is 0 Å².